The van der Waals surface area contributed by atoms with Gasteiger partial charge in [0.1, 0.15) is 0 Å². The van der Waals surface area contributed by atoms with Crippen LogP contribution in [0, 0.1) is 0 Å². The molecule has 0 aromatic carbocycles. The zero-order valence-electron chi connectivity index (χ0n) is 6.21. The molecule has 12 heavy (non-hydrogen) atoms. The summed E-state index contributed by atoms with van der Waals surface area (Å²) in [6.07, 6.45) is 0. The first-order valence-electron chi connectivity index (χ1n) is 2.61. The second kappa shape index (κ2) is 3.68. The zero-order valence-corrected chi connectivity index (χ0v) is 7.86. The number of hydrogen-bond donors (Lipinski definition) is 0. The maximum Gasteiger partial charge on any atom is 0.461 e. The Morgan fingerprint density at radius 2 is 1.92 bits per heavy atom. The van der Waals surface area contributed by atoms with Crippen molar-refractivity contribution < 1.29 is 27.2 Å². The van der Waals surface area contributed by atoms with Crippen LogP contribution < -0.4 is 0 Å². The van der Waals surface area contributed by atoms with Gasteiger partial charge in [-0.15, -0.1) is 8.39 Å². The molecule has 0 saturated heterocycles. The van der Waals surface area contributed by atoms with Crippen molar-refractivity contribution in [3.05, 3.63) is 0 Å². The fraction of sp³-hybridized carbons (Fsp3) is 0.750. The smallest absolute Gasteiger partial charge is 0.461 e. The Hall–Kier alpha value is -0.190. The summed E-state index contributed by atoms with van der Waals surface area (Å²) in [7, 11) is -4.33. The van der Waals surface area contributed by atoms with Gasteiger partial charge in [-0.3, -0.25) is 0 Å². The van der Waals surface area contributed by atoms with E-state index < -0.39 is 18.5 Å². The quantitative estimate of drug-likeness (QED) is 0.415. The average Bonchev–Trinajstić information content (AvgIpc) is 1.99. The van der Waals surface area contributed by atoms with Gasteiger partial charge in [-0.25, -0.2) is 9.36 Å². The van der Waals surface area contributed by atoms with Gasteiger partial charge in [0.2, 0.25) is 0 Å². The molecule has 0 amide bonds. The molecule has 0 aliphatic heterocycles. The van der Waals surface area contributed by atoms with Crippen molar-refractivity contribution in [2.45, 2.75) is 4.80 Å². The Morgan fingerprint density at radius 3 is 2.00 bits per heavy atom. The van der Waals surface area contributed by atoms with Gasteiger partial charge in [0, 0.05) is 7.11 Å². The molecule has 0 aromatic heterocycles. The number of carbonyl (C=O) groups is 1. The number of alkyl halides is 1. The molecular formula is C4H6ClF2O4P. The van der Waals surface area contributed by atoms with Gasteiger partial charge in [0.15, 0.2) is 0 Å². The van der Waals surface area contributed by atoms with E-state index >= 15 is 0 Å². The van der Waals surface area contributed by atoms with Crippen LogP contribution in [0.2, 0.25) is 0 Å². The number of ether oxygens (including phenoxy) is 2. The number of carbonyl (C=O) groups excluding carboxylic acids is 1. The molecule has 1 atom stereocenters. The highest BCUT2D eigenvalue weighted by Crippen LogP contribution is 2.64. The lowest BCUT2D eigenvalue weighted by Gasteiger charge is -2.19. The summed E-state index contributed by atoms with van der Waals surface area (Å²) in [6, 6.07) is 0. The highest BCUT2D eigenvalue weighted by Gasteiger charge is 2.58. The van der Waals surface area contributed by atoms with Crippen molar-refractivity contribution in [3.63, 3.8) is 0 Å². The molecule has 0 aliphatic rings. The Morgan fingerprint density at radius 1 is 1.50 bits per heavy atom. The van der Waals surface area contributed by atoms with E-state index in [1.165, 1.54) is 0 Å². The second-order valence-corrected chi connectivity index (χ2v) is 4.07. The van der Waals surface area contributed by atoms with E-state index in [9.17, 15) is 17.8 Å². The van der Waals surface area contributed by atoms with Crippen molar-refractivity contribution in [1.82, 2.24) is 0 Å². The Bertz CT molecular complexity index is 229. The van der Waals surface area contributed by atoms with Crippen molar-refractivity contribution >= 4 is 25.3 Å². The van der Waals surface area contributed by atoms with Gasteiger partial charge in [-0.2, -0.15) is 0 Å². The van der Waals surface area contributed by atoms with E-state index in [1.54, 1.807) is 0 Å². The van der Waals surface area contributed by atoms with Crippen molar-refractivity contribution in [3.8, 4) is 0 Å². The van der Waals surface area contributed by atoms with Gasteiger partial charge in [-0.05, 0) is 0 Å². The highest BCUT2D eigenvalue weighted by atomic mass is 35.5. The minimum absolute atomic E-state index is 0.732. The molecule has 0 fully saturated rings. The minimum atomic E-state index is -5.89. The first kappa shape index (κ1) is 11.8. The summed E-state index contributed by atoms with van der Waals surface area (Å²) in [5.41, 5.74) is 0. The van der Waals surface area contributed by atoms with E-state index in [4.69, 9.17) is 11.6 Å². The minimum Gasteiger partial charge on any atom is -0.465 e. The third kappa shape index (κ3) is 1.94. The Kier molecular flexibility index (Phi) is 3.62. The van der Waals surface area contributed by atoms with Crippen LogP contribution in [0.15, 0.2) is 0 Å². The van der Waals surface area contributed by atoms with E-state index in [1.807, 2.05) is 0 Å². The highest BCUT2D eigenvalue weighted by molar-refractivity contribution is 7.58. The first-order chi connectivity index (χ1) is 5.29. The maximum atomic E-state index is 12.2. The summed E-state index contributed by atoms with van der Waals surface area (Å²) in [4.78, 5) is 7.40. The molecule has 0 heterocycles. The fourth-order valence-electron chi connectivity index (χ4n) is 0.422. The predicted molar refractivity (Wildman–Crippen MR) is 37.4 cm³/mol. The maximum absolute atomic E-state index is 12.2. The van der Waals surface area contributed by atoms with Crippen LogP contribution in [-0.2, 0) is 18.8 Å². The molecule has 0 rings (SSSR count). The van der Waals surface area contributed by atoms with Crippen molar-refractivity contribution in [2.24, 2.45) is 0 Å². The molecule has 72 valence electrons. The fourth-order valence-corrected chi connectivity index (χ4v) is 1.02. The Balaban J connectivity index is 4.94. The molecule has 0 bridgehead atoms. The second-order valence-electron chi connectivity index (χ2n) is 1.72. The SMILES string of the molecule is COC(=O)C(Cl)(OC)P(=O)(F)F. The standard InChI is InChI=1S/C4H6ClF2O4P/c1-10-3(8)4(5,11-2)12(6,7)9/h1-2H3. The van der Waals surface area contributed by atoms with E-state index in [0.717, 1.165) is 14.2 Å². The predicted octanol–water partition coefficient (Wildman–Crippen LogP) is 1.83. The van der Waals surface area contributed by atoms with Crippen LogP contribution in [0.1, 0.15) is 0 Å². The molecule has 0 N–H and O–H groups in total. The van der Waals surface area contributed by atoms with Gasteiger partial charge in [-0.1, -0.05) is 11.6 Å². The third-order valence-corrected chi connectivity index (χ3v) is 2.98. The number of hydrogen-bond acceptors (Lipinski definition) is 4. The van der Waals surface area contributed by atoms with Gasteiger partial charge < -0.3 is 9.47 Å². The van der Waals surface area contributed by atoms with Crippen LogP contribution >= 0.6 is 19.4 Å². The lowest BCUT2D eigenvalue weighted by atomic mass is 10.7. The molecule has 0 spiro atoms. The molecule has 8 heteroatoms. The topological polar surface area (TPSA) is 52.6 Å². The molecule has 4 nitrogen and oxygen atoms in total. The average molecular weight is 223 g/mol. The molecule has 0 aliphatic carbocycles. The summed E-state index contributed by atoms with van der Waals surface area (Å²) in [6.45, 7) is 0. The van der Waals surface area contributed by atoms with Crippen LogP contribution in [0.25, 0.3) is 0 Å². The lowest BCUT2D eigenvalue weighted by molar-refractivity contribution is -0.150. The largest absolute Gasteiger partial charge is 0.465 e. The van der Waals surface area contributed by atoms with Crippen LogP contribution in [0.5, 0.6) is 0 Å². The summed E-state index contributed by atoms with van der Waals surface area (Å²) < 4.78 is 42.4. The summed E-state index contributed by atoms with van der Waals surface area (Å²) in [5.74, 6) is -1.58. The van der Waals surface area contributed by atoms with Gasteiger partial charge in [0.05, 0.1) is 7.11 Å². The van der Waals surface area contributed by atoms with Crippen molar-refractivity contribution in [1.29, 1.82) is 0 Å². The monoisotopic (exact) mass is 222 g/mol. The van der Waals surface area contributed by atoms with Crippen LogP contribution in [-0.4, -0.2) is 25.0 Å². The summed E-state index contributed by atoms with van der Waals surface area (Å²) >= 11 is 4.94. The zero-order chi connectivity index (χ0) is 9.99. The third-order valence-electron chi connectivity index (χ3n) is 1.04. The summed E-state index contributed by atoms with van der Waals surface area (Å²) in [5, 5.41) is 0. The van der Waals surface area contributed by atoms with E-state index in [0.29, 0.717) is 0 Å². The number of methoxy groups -OCH3 is 2. The van der Waals surface area contributed by atoms with E-state index in [-0.39, 0.29) is 0 Å². The Labute approximate surface area is 72.4 Å². The number of rotatable bonds is 3. The number of esters is 1. The normalized spacial score (nSPS) is 16.8. The first-order valence-corrected chi connectivity index (χ1v) is 4.48. The van der Waals surface area contributed by atoms with Gasteiger partial charge in [0.25, 0.3) is 0 Å². The lowest BCUT2D eigenvalue weighted by Crippen LogP contribution is -2.33. The van der Waals surface area contributed by atoms with Crippen LogP contribution in [0.3, 0.4) is 0 Å². The van der Waals surface area contributed by atoms with Gasteiger partial charge >= 0.3 is 18.5 Å². The molecule has 1 unspecified atom stereocenters. The van der Waals surface area contributed by atoms with E-state index in [2.05, 4.69) is 9.47 Å². The molecular weight excluding hydrogens is 216 g/mol. The van der Waals surface area contributed by atoms with Crippen molar-refractivity contribution in [2.75, 3.05) is 14.2 Å². The molecule has 0 saturated carbocycles. The molecule has 0 aromatic rings. The number of halogens is 3. The molecule has 0 radical (unpaired) electrons. The van der Waals surface area contributed by atoms with Crippen LogP contribution in [0.4, 0.5) is 8.39 Å².